The fourth-order valence-electron chi connectivity index (χ4n) is 2.49. The van der Waals surface area contributed by atoms with Crippen molar-refractivity contribution in [3.63, 3.8) is 0 Å². The monoisotopic (exact) mass is 418 g/mol. The number of phenolic OH excluding ortho intramolecular Hbond substituents is 1. The number of carbonyl (C=O) groups excluding carboxylic acids is 3. The minimum Gasteiger partial charge on any atom is -0.503 e. The molecule has 1 aliphatic heterocycles. The maximum absolute atomic E-state index is 12.5. The third-order valence-electron chi connectivity index (χ3n) is 3.80. The number of hydrogen-bond acceptors (Lipinski definition) is 6. The number of benzene rings is 2. The molecule has 1 heterocycles. The molecule has 28 heavy (non-hydrogen) atoms. The quantitative estimate of drug-likeness (QED) is 0.718. The number of aromatic hydroxyl groups is 1. The van der Waals surface area contributed by atoms with Crippen LogP contribution < -0.4 is 10.1 Å². The number of amides is 3. The van der Waals surface area contributed by atoms with Gasteiger partial charge in [0.2, 0.25) is 5.91 Å². The molecule has 0 radical (unpaired) electrons. The highest BCUT2D eigenvalue weighted by Gasteiger charge is 2.36. The average Bonchev–Trinajstić information content (AvgIpc) is 2.92. The van der Waals surface area contributed by atoms with Crippen molar-refractivity contribution < 1.29 is 24.2 Å². The molecule has 9 heteroatoms. The molecule has 1 aliphatic rings. The van der Waals surface area contributed by atoms with Crippen LogP contribution in [0.4, 0.5) is 10.5 Å². The molecule has 144 valence electrons. The molecule has 2 aromatic rings. The van der Waals surface area contributed by atoms with E-state index in [1.165, 1.54) is 25.3 Å². The number of imide groups is 1. The minimum atomic E-state index is -0.582. The van der Waals surface area contributed by atoms with Gasteiger partial charge in [0.15, 0.2) is 11.5 Å². The number of rotatable bonds is 5. The highest BCUT2D eigenvalue weighted by atomic mass is 35.5. The van der Waals surface area contributed by atoms with Gasteiger partial charge in [-0.25, -0.2) is 0 Å². The first-order valence-electron chi connectivity index (χ1n) is 8.06. The Hall–Kier alpha value is -2.97. The Balaban J connectivity index is 1.75. The summed E-state index contributed by atoms with van der Waals surface area (Å²) in [6.45, 7) is -0.392. The van der Waals surface area contributed by atoms with Gasteiger partial charge >= 0.3 is 0 Å². The maximum atomic E-state index is 12.5. The number of methoxy groups -OCH3 is 1. The van der Waals surface area contributed by atoms with E-state index in [2.05, 4.69) is 5.32 Å². The van der Waals surface area contributed by atoms with Gasteiger partial charge in [-0.3, -0.25) is 19.3 Å². The molecule has 2 N–H and O–H groups in total. The van der Waals surface area contributed by atoms with E-state index >= 15 is 0 Å². The van der Waals surface area contributed by atoms with Crippen LogP contribution in [0.3, 0.4) is 0 Å². The predicted molar refractivity (Wildman–Crippen MR) is 107 cm³/mol. The summed E-state index contributed by atoms with van der Waals surface area (Å²) in [7, 11) is 1.37. The molecule has 1 saturated heterocycles. The number of anilines is 1. The lowest BCUT2D eigenvalue weighted by Gasteiger charge is -2.12. The first-order valence-corrected chi connectivity index (χ1v) is 9.25. The van der Waals surface area contributed by atoms with Gasteiger partial charge in [-0.15, -0.1) is 0 Å². The molecule has 2 aromatic carbocycles. The van der Waals surface area contributed by atoms with Crippen LogP contribution >= 0.6 is 23.4 Å². The van der Waals surface area contributed by atoms with Crippen LogP contribution in [-0.2, 0) is 9.59 Å². The zero-order valence-electron chi connectivity index (χ0n) is 14.6. The number of ether oxygens (including phenoxy) is 1. The highest BCUT2D eigenvalue weighted by Crippen LogP contribution is 2.37. The van der Waals surface area contributed by atoms with E-state index in [0.717, 1.165) is 16.7 Å². The molecule has 0 aliphatic carbocycles. The lowest BCUT2D eigenvalue weighted by Crippen LogP contribution is -2.36. The van der Waals surface area contributed by atoms with Crippen molar-refractivity contribution in [2.24, 2.45) is 0 Å². The number of nitrogens with zero attached hydrogens (tertiary/aromatic N) is 1. The van der Waals surface area contributed by atoms with Crippen LogP contribution in [0, 0.1) is 0 Å². The molecule has 1 fully saturated rings. The largest absolute Gasteiger partial charge is 0.503 e. The summed E-state index contributed by atoms with van der Waals surface area (Å²) in [5.41, 5.74) is 1.04. The van der Waals surface area contributed by atoms with Crippen LogP contribution in [0.15, 0.2) is 47.4 Å². The van der Waals surface area contributed by atoms with Gasteiger partial charge in [0, 0.05) is 5.69 Å². The standard InChI is InChI=1S/C19H15ClN2O5S/c1-27-14-8-11(7-13(20)17(14)24)9-15-18(25)22(19(26)28-15)10-16(23)21-12-5-3-2-4-6-12/h2-9,24H,10H2,1H3,(H,21,23)/b15-9-. The number of hydrogen-bond donors (Lipinski definition) is 2. The molecule has 0 unspecified atom stereocenters. The first-order chi connectivity index (χ1) is 13.4. The van der Waals surface area contributed by atoms with Crippen LogP contribution in [0.5, 0.6) is 11.5 Å². The number of nitrogens with one attached hydrogen (secondary N) is 1. The van der Waals surface area contributed by atoms with Crippen molar-refractivity contribution >= 4 is 52.2 Å². The molecule has 0 saturated carbocycles. The van der Waals surface area contributed by atoms with Crippen LogP contribution in [0.1, 0.15) is 5.56 Å². The van der Waals surface area contributed by atoms with Crippen molar-refractivity contribution in [1.82, 2.24) is 4.90 Å². The minimum absolute atomic E-state index is 0.0482. The number of halogens is 1. The lowest BCUT2D eigenvalue weighted by molar-refractivity contribution is -0.127. The molecule has 0 bridgehead atoms. The fourth-order valence-corrected chi connectivity index (χ4v) is 3.54. The Morgan fingerprint density at radius 2 is 2.00 bits per heavy atom. The number of para-hydroxylation sites is 1. The lowest BCUT2D eigenvalue weighted by atomic mass is 10.2. The van der Waals surface area contributed by atoms with Gasteiger partial charge in [-0.1, -0.05) is 29.8 Å². The van der Waals surface area contributed by atoms with E-state index in [-0.39, 0.29) is 21.4 Å². The van der Waals surface area contributed by atoms with Crippen molar-refractivity contribution in [3.05, 3.63) is 58.0 Å². The van der Waals surface area contributed by atoms with Gasteiger partial charge in [0.05, 0.1) is 17.0 Å². The normalized spacial score (nSPS) is 15.2. The zero-order valence-corrected chi connectivity index (χ0v) is 16.2. The van der Waals surface area contributed by atoms with E-state index < -0.39 is 23.6 Å². The van der Waals surface area contributed by atoms with Crippen molar-refractivity contribution in [2.45, 2.75) is 0 Å². The number of carbonyl (C=O) groups is 3. The van der Waals surface area contributed by atoms with Crippen molar-refractivity contribution in [2.75, 3.05) is 19.0 Å². The summed E-state index contributed by atoms with van der Waals surface area (Å²) in [4.78, 5) is 37.9. The Morgan fingerprint density at radius 3 is 2.68 bits per heavy atom. The summed E-state index contributed by atoms with van der Waals surface area (Å²) < 4.78 is 5.02. The molecule has 7 nitrogen and oxygen atoms in total. The van der Waals surface area contributed by atoms with Gasteiger partial charge in [-0.2, -0.15) is 0 Å². The smallest absolute Gasteiger partial charge is 0.294 e. The summed E-state index contributed by atoms with van der Waals surface area (Å²) in [5, 5.41) is 11.9. The summed E-state index contributed by atoms with van der Waals surface area (Å²) in [5.74, 6) is -1.14. The summed E-state index contributed by atoms with van der Waals surface area (Å²) in [6, 6.07) is 11.7. The second-order valence-corrected chi connectivity index (χ2v) is 7.14. The summed E-state index contributed by atoms with van der Waals surface area (Å²) >= 11 is 6.66. The van der Waals surface area contributed by atoms with Gasteiger partial charge in [0.1, 0.15) is 6.54 Å². The predicted octanol–water partition coefficient (Wildman–Crippen LogP) is 3.73. The van der Waals surface area contributed by atoms with E-state index in [1.807, 2.05) is 6.07 Å². The number of phenols is 1. The van der Waals surface area contributed by atoms with Crippen LogP contribution in [-0.4, -0.2) is 40.7 Å². The van der Waals surface area contributed by atoms with Crippen LogP contribution in [0.2, 0.25) is 5.02 Å². The molecule has 3 amide bonds. The summed E-state index contributed by atoms with van der Waals surface area (Å²) in [6.07, 6.45) is 1.45. The average molecular weight is 419 g/mol. The van der Waals surface area contributed by atoms with E-state index in [9.17, 15) is 19.5 Å². The van der Waals surface area contributed by atoms with Gasteiger partial charge in [0.25, 0.3) is 11.1 Å². The third-order valence-corrected chi connectivity index (χ3v) is 5.00. The van der Waals surface area contributed by atoms with Gasteiger partial charge < -0.3 is 15.2 Å². The molecule has 0 aromatic heterocycles. The van der Waals surface area contributed by atoms with Crippen LogP contribution in [0.25, 0.3) is 6.08 Å². The molecule has 0 spiro atoms. The van der Waals surface area contributed by atoms with E-state index in [0.29, 0.717) is 11.3 Å². The topological polar surface area (TPSA) is 95.9 Å². The maximum Gasteiger partial charge on any atom is 0.294 e. The second kappa shape index (κ2) is 8.37. The third kappa shape index (κ3) is 4.29. The Kier molecular flexibility index (Phi) is 5.91. The Bertz CT molecular complexity index is 978. The van der Waals surface area contributed by atoms with E-state index in [1.54, 1.807) is 24.3 Å². The van der Waals surface area contributed by atoms with E-state index in [4.69, 9.17) is 16.3 Å². The Labute approximate surface area is 169 Å². The fraction of sp³-hybridized carbons (Fsp3) is 0.105. The molecule has 3 rings (SSSR count). The van der Waals surface area contributed by atoms with Gasteiger partial charge in [-0.05, 0) is 47.7 Å². The molecular weight excluding hydrogens is 404 g/mol. The SMILES string of the molecule is COc1cc(/C=C2\SC(=O)N(CC(=O)Nc3ccccc3)C2=O)cc(Cl)c1O. The highest BCUT2D eigenvalue weighted by molar-refractivity contribution is 8.18. The first kappa shape index (κ1) is 19.8. The molecular formula is C19H15ClN2O5S. The van der Waals surface area contributed by atoms with Crippen molar-refractivity contribution in [3.8, 4) is 11.5 Å². The Morgan fingerprint density at radius 1 is 1.29 bits per heavy atom. The zero-order chi connectivity index (χ0) is 20.3. The molecule has 0 atom stereocenters. The number of thioether (sulfide) groups is 1. The van der Waals surface area contributed by atoms with Crippen molar-refractivity contribution in [1.29, 1.82) is 0 Å². The second-order valence-electron chi connectivity index (χ2n) is 5.74.